The lowest BCUT2D eigenvalue weighted by Crippen LogP contribution is -2.24. The van der Waals surface area contributed by atoms with E-state index in [9.17, 15) is 8.42 Å². The first kappa shape index (κ1) is 15.3. The fourth-order valence-corrected chi connectivity index (χ4v) is 3.32. The van der Waals surface area contributed by atoms with Crippen molar-refractivity contribution in [2.45, 2.75) is 18.4 Å². The normalized spacial score (nSPS) is 11.6. The lowest BCUT2D eigenvalue weighted by Gasteiger charge is -2.08. The van der Waals surface area contributed by atoms with Crippen LogP contribution >= 0.6 is 0 Å². The van der Waals surface area contributed by atoms with Gasteiger partial charge in [-0.05, 0) is 24.6 Å². The Hall–Kier alpha value is -2.06. The summed E-state index contributed by atoms with van der Waals surface area (Å²) in [6.45, 7) is 1.78. The summed E-state index contributed by atoms with van der Waals surface area (Å²) >= 11 is 0. The maximum absolute atomic E-state index is 12.3. The van der Waals surface area contributed by atoms with Gasteiger partial charge in [0.1, 0.15) is 16.5 Å². The van der Waals surface area contributed by atoms with E-state index in [2.05, 4.69) is 9.82 Å². The Morgan fingerprint density at radius 1 is 1.33 bits per heavy atom. The molecule has 0 atom stereocenters. The molecule has 2 rings (SSSR count). The summed E-state index contributed by atoms with van der Waals surface area (Å²) < 4.78 is 33.5. The van der Waals surface area contributed by atoms with Crippen LogP contribution in [0.15, 0.2) is 29.2 Å². The lowest BCUT2D eigenvalue weighted by atomic mass is 10.2. The number of nitrogens with zero attached hydrogens (tertiary/aromatic N) is 2. The molecule has 0 fully saturated rings. The Morgan fingerprint density at radius 3 is 2.43 bits per heavy atom. The van der Waals surface area contributed by atoms with Crippen LogP contribution in [0.1, 0.15) is 11.3 Å². The number of nitrogen functional groups attached to an aromatic ring is 1. The van der Waals surface area contributed by atoms with Gasteiger partial charge in [-0.1, -0.05) is 12.1 Å². The van der Waals surface area contributed by atoms with Crippen LogP contribution < -0.4 is 15.2 Å². The molecule has 1 aromatic carbocycles. The summed E-state index contributed by atoms with van der Waals surface area (Å²) in [6.07, 6.45) is 0. The van der Waals surface area contributed by atoms with E-state index in [0.29, 0.717) is 11.4 Å². The van der Waals surface area contributed by atoms with Crippen molar-refractivity contribution in [2.75, 3.05) is 12.8 Å². The molecule has 0 amide bonds. The predicted octanol–water partition coefficient (Wildman–Crippen LogP) is 0.798. The molecular weight excluding hydrogens is 292 g/mol. The van der Waals surface area contributed by atoms with Gasteiger partial charge < -0.3 is 10.5 Å². The minimum absolute atomic E-state index is 0.0264. The summed E-state index contributed by atoms with van der Waals surface area (Å²) in [5, 5.41) is 4.01. The molecule has 7 nitrogen and oxygen atoms in total. The van der Waals surface area contributed by atoms with E-state index < -0.39 is 10.0 Å². The summed E-state index contributed by atoms with van der Waals surface area (Å²) in [7, 11) is -0.527. The molecule has 2 aromatic rings. The first-order valence-corrected chi connectivity index (χ1v) is 7.75. The van der Waals surface area contributed by atoms with E-state index in [-0.39, 0.29) is 17.3 Å². The van der Waals surface area contributed by atoms with Crippen LogP contribution in [0.5, 0.6) is 5.75 Å². The van der Waals surface area contributed by atoms with Gasteiger partial charge in [0.25, 0.3) is 0 Å². The van der Waals surface area contributed by atoms with Crippen LogP contribution in [0.4, 0.5) is 5.82 Å². The number of sulfonamides is 1. The van der Waals surface area contributed by atoms with Gasteiger partial charge in [-0.15, -0.1) is 0 Å². The second-order valence-corrected chi connectivity index (χ2v) is 6.30. The van der Waals surface area contributed by atoms with Gasteiger partial charge in [-0.3, -0.25) is 4.68 Å². The first-order valence-electron chi connectivity index (χ1n) is 6.27. The Morgan fingerprint density at radius 2 is 1.95 bits per heavy atom. The maximum atomic E-state index is 12.3. The number of nitrogens with two attached hydrogens (primary N) is 1. The number of anilines is 1. The van der Waals surface area contributed by atoms with Crippen molar-refractivity contribution in [1.82, 2.24) is 14.5 Å². The molecular formula is C13H18N4O3S. The Kier molecular flexibility index (Phi) is 4.19. The second kappa shape index (κ2) is 5.74. The Bertz CT molecular complexity index is 736. The van der Waals surface area contributed by atoms with Crippen molar-refractivity contribution in [3.63, 3.8) is 0 Å². The minimum atomic E-state index is -3.70. The molecule has 0 aliphatic heterocycles. The molecule has 0 unspecified atom stereocenters. The maximum Gasteiger partial charge on any atom is 0.246 e. The summed E-state index contributed by atoms with van der Waals surface area (Å²) in [5.74, 6) is 0.837. The number of nitrogens with one attached hydrogen (secondary N) is 1. The highest BCUT2D eigenvalue weighted by atomic mass is 32.2. The smallest absolute Gasteiger partial charge is 0.246 e. The van der Waals surface area contributed by atoms with Gasteiger partial charge in [-0.2, -0.15) is 5.10 Å². The van der Waals surface area contributed by atoms with E-state index in [1.165, 1.54) is 4.68 Å². The molecule has 114 valence electrons. The number of methoxy groups -OCH3 is 1. The number of rotatable bonds is 5. The third-order valence-corrected chi connectivity index (χ3v) is 4.67. The third kappa shape index (κ3) is 3.17. The van der Waals surface area contributed by atoms with Crippen molar-refractivity contribution >= 4 is 15.8 Å². The van der Waals surface area contributed by atoms with Gasteiger partial charge >= 0.3 is 0 Å². The molecule has 1 aromatic heterocycles. The molecule has 1 heterocycles. The summed E-state index contributed by atoms with van der Waals surface area (Å²) in [5.41, 5.74) is 6.95. The van der Waals surface area contributed by atoms with E-state index in [1.807, 2.05) is 0 Å². The number of aromatic nitrogens is 2. The van der Waals surface area contributed by atoms with Crippen LogP contribution in [0.2, 0.25) is 0 Å². The van der Waals surface area contributed by atoms with Crippen LogP contribution in [-0.4, -0.2) is 25.3 Å². The largest absolute Gasteiger partial charge is 0.497 e. The number of benzene rings is 1. The zero-order valence-corrected chi connectivity index (χ0v) is 12.9. The lowest BCUT2D eigenvalue weighted by molar-refractivity contribution is 0.414. The monoisotopic (exact) mass is 310 g/mol. The fraction of sp³-hybridized carbons (Fsp3) is 0.308. The zero-order valence-electron chi connectivity index (χ0n) is 12.1. The number of hydrogen-bond donors (Lipinski definition) is 2. The van der Waals surface area contributed by atoms with E-state index >= 15 is 0 Å². The van der Waals surface area contributed by atoms with Gasteiger partial charge in [0.2, 0.25) is 10.0 Å². The first-order chi connectivity index (χ1) is 9.85. The zero-order chi connectivity index (χ0) is 15.6. The highest BCUT2D eigenvalue weighted by Gasteiger charge is 2.24. The summed E-state index contributed by atoms with van der Waals surface area (Å²) in [4.78, 5) is 0.0264. The molecule has 0 saturated carbocycles. The Labute approximate surface area is 123 Å². The number of hydrogen-bond acceptors (Lipinski definition) is 5. The topological polar surface area (TPSA) is 99.2 Å². The highest BCUT2D eigenvalue weighted by molar-refractivity contribution is 7.89. The van der Waals surface area contributed by atoms with Crippen molar-refractivity contribution in [1.29, 1.82) is 0 Å². The highest BCUT2D eigenvalue weighted by Crippen LogP contribution is 2.21. The number of ether oxygens (including phenoxy) is 1. The van der Waals surface area contributed by atoms with Gasteiger partial charge in [-0.25, -0.2) is 13.1 Å². The van der Waals surface area contributed by atoms with Crippen molar-refractivity contribution in [3.05, 3.63) is 35.5 Å². The summed E-state index contributed by atoms with van der Waals surface area (Å²) in [6, 6.07) is 7.13. The van der Waals surface area contributed by atoms with Crippen LogP contribution in [-0.2, 0) is 23.6 Å². The molecule has 8 heteroatoms. The molecule has 0 aliphatic rings. The molecule has 0 radical (unpaired) electrons. The molecule has 0 spiro atoms. The third-order valence-electron chi connectivity index (χ3n) is 3.10. The molecule has 0 bridgehead atoms. The molecule has 0 aliphatic carbocycles. The van der Waals surface area contributed by atoms with Gasteiger partial charge in [0, 0.05) is 13.6 Å². The number of aryl methyl sites for hydroxylation is 2. The molecule has 3 N–H and O–H groups in total. The van der Waals surface area contributed by atoms with E-state index in [4.69, 9.17) is 10.5 Å². The quantitative estimate of drug-likeness (QED) is 0.851. The predicted molar refractivity (Wildman–Crippen MR) is 79.4 cm³/mol. The van der Waals surface area contributed by atoms with Crippen molar-refractivity contribution < 1.29 is 13.2 Å². The Balaban J connectivity index is 2.17. The van der Waals surface area contributed by atoms with Crippen molar-refractivity contribution in [3.8, 4) is 5.75 Å². The van der Waals surface area contributed by atoms with Gasteiger partial charge in [0.15, 0.2) is 0 Å². The average molecular weight is 310 g/mol. The molecule has 0 saturated heterocycles. The minimum Gasteiger partial charge on any atom is -0.497 e. The van der Waals surface area contributed by atoms with Crippen molar-refractivity contribution in [2.24, 2.45) is 7.05 Å². The fourth-order valence-electron chi connectivity index (χ4n) is 1.98. The molecule has 21 heavy (non-hydrogen) atoms. The standard InChI is InChI=1S/C13H18N4O3S/c1-9-12(13(14)17(2)16-9)21(18,19)15-8-10-4-6-11(20-3)7-5-10/h4-7,15H,8,14H2,1-3H3. The average Bonchev–Trinajstić information content (AvgIpc) is 2.71. The second-order valence-electron chi connectivity index (χ2n) is 4.60. The van der Waals surface area contributed by atoms with E-state index in [0.717, 1.165) is 5.56 Å². The SMILES string of the molecule is COc1ccc(CNS(=O)(=O)c2c(C)nn(C)c2N)cc1. The van der Waals surface area contributed by atoms with Crippen LogP contribution in [0.25, 0.3) is 0 Å². The van der Waals surface area contributed by atoms with E-state index in [1.54, 1.807) is 45.3 Å². The van der Waals surface area contributed by atoms with Crippen LogP contribution in [0, 0.1) is 6.92 Å². The van der Waals surface area contributed by atoms with Crippen LogP contribution in [0.3, 0.4) is 0 Å². The van der Waals surface area contributed by atoms with Gasteiger partial charge in [0.05, 0.1) is 12.8 Å².